The molecule has 0 amide bonds. The molecule has 2 aromatic heterocycles. The number of benzene rings is 3. The highest BCUT2D eigenvalue weighted by Gasteiger charge is 2.22. The van der Waals surface area contributed by atoms with Crippen molar-refractivity contribution in [3.05, 3.63) is 118 Å². The Kier molecular flexibility index (Phi) is 5.12. The topological polar surface area (TPSA) is 4.93 Å². The van der Waals surface area contributed by atoms with Gasteiger partial charge in [-0.3, -0.25) is 0 Å². The van der Waals surface area contributed by atoms with Crippen LogP contribution in [0.5, 0.6) is 0 Å². The van der Waals surface area contributed by atoms with E-state index in [1.807, 2.05) is 11.3 Å². The third kappa shape index (κ3) is 3.21. The molecule has 1 aliphatic rings. The standard InChI is InChI=1S/C32H27NS/c1-4-24(32-25(5-2)27-11-7-9-13-31(27)34-32)22-16-19-30-28(20-22)26-10-6-8-12-29(26)33(30)23-17-14-21(3)15-18-23/h4-15,17-18,20H,1,16,19H2,2-3H3/b25-5-,32-24-. The highest BCUT2D eigenvalue weighted by Crippen LogP contribution is 2.37. The Bertz CT molecular complexity index is 1720. The molecule has 0 saturated carbocycles. The summed E-state index contributed by atoms with van der Waals surface area (Å²) in [5, 5.41) is 3.97. The number of aromatic nitrogens is 1. The van der Waals surface area contributed by atoms with Gasteiger partial charge in [0.15, 0.2) is 0 Å². The van der Waals surface area contributed by atoms with Crippen LogP contribution >= 0.6 is 11.3 Å². The van der Waals surface area contributed by atoms with Crippen LogP contribution in [0.2, 0.25) is 0 Å². The summed E-state index contributed by atoms with van der Waals surface area (Å²) >= 11 is 1.88. The minimum Gasteiger partial charge on any atom is -0.313 e. The summed E-state index contributed by atoms with van der Waals surface area (Å²) in [4.78, 5) is 0. The molecule has 2 heterocycles. The van der Waals surface area contributed by atoms with Crippen LogP contribution in [-0.4, -0.2) is 4.57 Å². The van der Waals surface area contributed by atoms with Crippen molar-refractivity contribution in [2.75, 3.05) is 0 Å². The molecule has 0 spiro atoms. The second-order valence-corrected chi connectivity index (χ2v) is 10.0. The van der Waals surface area contributed by atoms with Gasteiger partial charge in [-0.15, -0.1) is 11.3 Å². The molecular weight excluding hydrogens is 430 g/mol. The van der Waals surface area contributed by atoms with E-state index in [1.165, 1.54) is 64.4 Å². The lowest BCUT2D eigenvalue weighted by Crippen LogP contribution is -2.22. The minimum absolute atomic E-state index is 1.01. The molecule has 0 atom stereocenters. The average Bonchev–Trinajstić information content (AvgIpc) is 3.40. The van der Waals surface area contributed by atoms with E-state index >= 15 is 0 Å². The van der Waals surface area contributed by atoms with Crippen molar-refractivity contribution in [2.24, 2.45) is 0 Å². The molecule has 0 radical (unpaired) electrons. The summed E-state index contributed by atoms with van der Waals surface area (Å²) in [5.74, 6) is 0. The van der Waals surface area contributed by atoms with E-state index in [2.05, 4.69) is 116 Å². The second-order valence-electron chi connectivity index (χ2n) is 8.97. The zero-order valence-corrected chi connectivity index (χ0v) is 20.5. The minimum atomic E-state index is 1.01. The molecule has 0 aliphatic heterocycles. The van der Waals surface area contributed by atoms with Crippen LogP contribution in [0.1, 0.15) is 30.2 Å². The Balaban J connectivity index is 1.63. The zero-order valence-electron chi connectivity index (χ0n) is 19.6. The monoisotopic (exact) mass is 457 g/mol. The summed E-state index contributed by atoms with van der Waals surface area (Å²) in [6, 6.07) is 26.4. The predicted octanol–water partition coefficient (Wildman–Crippen LogP) is 7.32. The third-order valence-corrected chi connectivity index (χ3v) is 8.19. The van der Waals surface area contributed by atoms with Crippen LogP contribution in [0.25, 0.3) is 44.4 Å². The maximum absolute atomic E-state index is 4.25. The number of para-hydroxylation sites is 1. The van der Waals surface area contributed by atoms with E-state index < -0.39 is 0 Å². The summed E-state index contributed by atoms with van der Waals surface area (Å²) in [6.45, 7) is 8.53. The van der Waals surface area contributed by atoms with E-state index in [-0.39, 0.29) is 0 Å². The predicted molar refractivity (Wildman–Crippen MR) is 149 cm³/mol. The highest BCUT2D eigenvalue weighted by atomic mass is 32.1. The largest absolute Gasteiger partial charge is 0.313 e. The van der Waals surface area contributed by atoms with Crippen LogP contribution in [0.15, 0.2) is 91.0 Å². The summed E-state index contributed by atoms with van der Waals surface area (Å²) in [7, 11) is 0. The first-order valence-electron chi connectivity index (χ1n) is 11.9. The lowest BCUT2D eigenvalue weighted by atomic mass is 9.91. The molecule has 34 heavy (non-hydrogen) atoms. The fraction of sp³-hybridized carbons (Fsp3) is 0.125. The maximum Gasteiger partial charge on any atom is 0.0537 e. The molecular formula is C32H27NS. The summed E-state index contributed by atoms with van der Waals surface area (Å²) < 4.78 is 5.11. The van der Waals surface area contributed by atoms with E-state index in [0.29, 0.717) is 0 Å². The first-order valence-corrected chi connectivity index (χ1v) is 12.7. The average molecular weight is 458 g/mol. The van der Waals surface area contributed by atoms with Crippen molar-refractivity contribution < 1.29 is 0 Å². The Hall–Kier alpha value is -3.62. The molecule has 0 N–H and O–H groups in total. The van der Waals surface area contributed by atoms with Crippen LogP contribution in [-0.2, 0) is 6.42 Å². The molecule has 0 fully saturated rings. The van der Waals surface area contributed by atoms with Gasteiger partial charge in [-0.2, -0.15) is 0 Å². The van der Waals surface area contributed by atoms with Crippen molar-refractivity contribution in [2.45, 2.75) is 26.7 Å². The number of thiophene rings is 1. The Labute approximate surface area is 204 Å². The lowest BCUT2D eigenvalue weighted by molar-refractivity contribution is 0.872. The van der Waals surface area contributed by atoms with Crippen LogP contribution in [0.4, 0.5) is 0 Å². The fourth-order valence-corrected chi connectivity index (χ4v) is 6.66. The Morgan fingerprint density at radius 3 is 2.41 bits per heavy atom. The number of nitrogens with zero attached hydrogens (tertiary/aromatic N) is 1. The SMILES string of the molecule is C=C/C(C1=Cc2c(n(-c3ccc(C)cc3)c3ccccc23)CC1)=c1/sc2ccccc2/c1=C/C. The molecule has 1 aliphatic carbocycles. The first-order chi connectivity index (χ1) is 16.7. The molecule has 2 heteroatoms. The van der Waals surface area contributed by atoms with Gasteiger partial charge in [0, 0.05) is 31.6 Å². The van der Waals surface area contributed by atoms with E-state index in [9.17, 15) is 0 Å². The van der Waals surface area contributed by atoms with Gasteiger partial charge in [0.2, 0.25) is 0 Å². The molecule has 5 aromatic rings. The van der Waals surface area contributed by atoms with Gasteiger partial charge in [-0.1, -0.05) is 72.8 Å². The molecule has 1 nitrogen and oxygen atoms in total. The molecule has 0 unspecified atom stereocenters. The van der Waals surface area contributed by atoms with Gasteiger partial charge in [0.1, 0.15) is 0 Å². The number of rotatable bonds is 3. The quantitative estimate of drug-likeness (QED) is 0.267. The van der Waals surface area contributed by atoms with Gasteiger partial charge in [-0.25, -0.2) is 0 Å². The number of allylic oxidation sites excluding steroid dienone is 2. The van der Waals surface area contributed by atoms with Crippen molar-refractivity contribution >= 4 is 50.1 Å². The number of fused-ring (bicyclic) bond motifs is 4. The van der Waals surface area contributed by atoms with Crippen molar-refractivity contribution in [3.8, 4) is 5.69 Å². The number of hydrogen-bond donors (Lipinski definition) is 0. The lowest BCUT2D eigenvalue weighted by Gasteiger charge is -2.18. The molecule has 3 aromatic carbocycles. The second kappa shape index (κ2) is 8.30. The number of aryl methyl sites for hydroxylation is 1. The first kappa shape index (κ1) is 20.9. The molecule has 6 rings (SSSR count). The van der Waals surface area contributed by atoms with E-state index in [1.54, 1.807) is 0 Å². The van der Waals surface area contributed by atoms with Gasteiger partial charge in [0.25, 0.3) is 0 Å². The molecule has 0 bridgehead atoms. The van der Waals surface area contributed by atoms with Crippen molar-refractivity contribution in [3.63, 3.8) is 0 Å². The smallest absolute Gasteiger partial charge is 0.0537 e. The summed E-state index contributed by atoms with van der Waals surface area (Å²) in [6.07, 6.45) is 8.75. The Morgan fingerprint density at radius 2 is 1.65 bits per heavy atom. The van der Waals surface area contributed by atoms with Gasteiger partial charge in [-0.05, 0) is 78.8 Å². The van der Waals surface area contributed by atoms with Crippen LogP contribution in [0, 0.1) is 6.92 Å². The van der Waals surface area contributed by atoms with Crippen LogP contribution in [0.3, 0.4) is 0 Å². The molecule has 166 valence electrons. The van der Waals surface area contributed by atoms with Gasteiger partial charge < -0.3 is 4.57 Å². The zero-order chi connectivity index (χ0) is 23.2. The van der Waals surface area contributed by atoms with E-state index in [0.717, 1.165) is 12.8 Å². The highest BCUT2D eigenvalue weighted by molar-refractivity contribution is 7.17. The van der Waals surface area contributed by atoms with Gasteiger partial charge >= 0.3 is 0 Å². The van der Waals surface area contributed by atoms with E-state index in [4.69, 9.17) is 0 Å². The number of hydrogen-bond acceptors (Lipinski definition) is 1. The van der Waals surface area contributed by atoms with Gasteiger partial charge in [0.05, 0.1) is 5.52 Å². The van der Waals surface area contributed by atoms with Crippen molar-refractivity contribution in [1.82, 2.24) is 4.57 Å². The fourth-order valence-electron chi connectivity index (χ4n) is 5.35. The van der Waals surface area contributed by atoms with Crippen LogP contribution < -0.4 is 9.75 Å². The normalized spacial score (nSPS) is 14.9. The third-order valence-electron chi connectivity index (χ3n) is 6.98. The summed E-state index contributed by atoms with van der Waals surface area (Å²) in [5.41, 5.74) is 9.19. The Morgan fingerprint density at radius 1 is 0.912 bits per heavy atom. The van der Waals surface area contributed by atoms with Crippen molar-refractivity contribution in [1.29, 1.82) is 0 Å². The molecule has 0 saturated heterocycles. The maximum atomic E-state index is 4.25.